The molecule has 4 nitrogen and oxygen atoms in total. The molecule has 9 aromatic rings. The van der Waals surface area contributed by atoms with E-state index in [0.717, 1.165) is 67.8 Å². The van der Waals surface area contributed by atoms with Crippen molar-refractivity contribution >= 4 is 11.0 Å². The summed E-state index contributed by atoms with van der Waals surface area (Å²) in [6.07, 6.45) is 2.93. The van der Waals surface area contributed by atoms with Gasteiger partial charge >= 0.3 is 0 Å². The summed E-state index contributed by atoms with van der Waals surface area (Å²) >= 11 is 0. The van der Waals surface area contributed by atoms with Gasteiger partial charge in [-0.1, -0.05) is 163 Å². The number of imidazole rings is 1. The highest BCUT2D eigenvalue weighted by Gasteiger charge is 2.25. The Morgan fingerprint density at radius 3 is 1.80 bits per heavy atom. The summed E-state index contributed by atoms with van der Waals surface area (Å²) in [7, 11) is 0. The summed E-state index contributed by atoms with van der Waals surface area (Å²) < 4.78 is 2.24. The second-order valence-corrected chi connectivity index (χ2v) is 17.7. The standard InChI is InChI=1S/C57H51N3O/c1-7-57(5,6)45-29-30-51(49(37-45)41-19-12-9-13-20-41)60-52-23-16-22-47(54(52)59-55(60)48-21-14-15-24-53(48)61)43-33-44(35-46(34-43)56(2,3)4)50-36-42(31-32-58-50)40-27-25-39(26-28-40)38-17-10-8-11-18-38/h8-37,61H,7H2,1-6H3. The van der Waals surface area contributed by atoms with Crippen LogP contribution in [0, 0.1) is 0 Å². The summed E-state index contributed by atoms with van der Waals surface area (Å²) in [4.78, 5) is 10.4. The fourth-order valence-electron chi connectivity index (χ4n) is 8.24. The zero-order valence-corrected chi connectivity index (χ0v) is 35.8. The molecule has 0 amide bonds. The summed E-state index contributed by atoms with van der Waals surface area (Å²) in [6.45, 7) is 13.6. The Bertz CT molecular complexity index is 3010. The van der Waals surface area contributed by atoms with Gasteiger partial charge in [0.05, 0.1) is 28.0 Å². The number of aromatic hydroxyl groups is 1. The average molecular weight is 794 g/mol. The SMILES string of the molecule is CCC(C)(C)c1ccc(-n2c(-c3ccccc3O)nc3c(-c4cc(-c5cc(-c6ccc(-c7ccccc7)cc6)ccn5)cc(C(C)(C)C)c4)cccc32)c(-c2ccccc2)c1. The number of aromatic nitrogens is 3. The number of phenolic OH excluding ortho intramolecular Hbond substituents is 1. The lowest BCUT2D eigenvalue weighted by atomic mass is 9.81. The Morgan fingerprint density at radius 1 is 0.492 bits per heavy atom. The number of hydrogen-bond acceptors (Lipinski definition) is 3. The monoisotopic (exact) mass is 793 g/mol. The minimum atomic E-state index is -0.136. The van der Waals surface area contributed by atoms with Crippen molar-refractivity contribution in [3.8, 4) is 78.6 Å². The Balaban J connectivity index is 1.23. The number of nitrogens with zero attached hydrogens (tertiary/aromatic N) is 3. The minimum Gasteiger partial charge on any atom is -0.507 e. The van der Waals surface area contributed by atoms with Crippen molar-refractivity contribution in [2.45, 2.75) is 58.8 Å². The molecule has 0 spiro atoms. The van der Waals surface area contributed by atoms with Crippen molar-refractivity contribution < 1.29 is 5.11 Å². The first kappa shape index (κ1) is 39.4. The first-order valence-electron chi connectivity index (χ1n) is 21.3. The van der Waals surface area contributed by atoms with E-state index >= 15 is 0 Å². The second kappa shape index (κ2) is 15.9. The summed E-state index contributed by atoms with van der Waals surface area (Å²) in [5.41, 5.74) is 16.7. The molecule has 7 aromatic carbocycles. The Kier molecular flexibility index (Phi) is 10.2. The maximum Gasteiger partial charge on any atom is 0.149 e. The van der Waals surface area contributed by atoms with Gasteiger partial charge in [-0.15, -0.1) is 0 Å². The summed E-state index contributed by atoms with van der Waals surface area (Å²) in [5, 5.41) is 11.4. The van der Waals surface area contributed by atoms with Crippen LogP contribution >= 0.6 is 0 Å². The van der Waals surface area contributed by atoms with Crippen LogP contribution in [-0.4, -0.2) is 19.6 Å². The fraction of sp³-hybridized carbons (Fsp3) is 0.158. The molecule has 0 saturated heterocycles. The van der Waals surface area contributed by atoms with Crippen LogP contribution in [0.5, 0.6) is 5.75 Å². The van der Waals surface area contributed by atoms with Gasteiger partial charge < -0.3 is 5.11 Å². The maximum absolute atomic E-state index is 11.4. The molecular weight excluding hydrogens is 743 g/mol. The molecule has 9 rings (SSSR count). The fourth-order valence-corrected chi connectivity index (χ4v) is 8.24. The highest BCUT2D eigenvalue weighted by Crippen LogP contribution is 2.43. The molecule has 0 saturated carbocycles. The van der Waals surface area contributed by atoms with Crippen LogP contribution in [0.4, 0.5) is 0 Å². The van der Waals surface area contributed by atoms with Gasteiger partial charge in [0, 0.05) is 22.9 Å². The third-order valence-electron chi connectivity index (χ3n) is 12.3. The lowest BCUT2D eigenvalue weighted by Gasteiger charge is -2.25. The van der Waals surface area contributed by atoms with Crippen molar-refractivity contribution in [2.24, 2.45) is 0 Å². The molecule has 0 bridgehead atoms. The molecule has 1 N–H and O–H groups in total. The largest absolute Gasteiger partial charge is 0.507 e. The predicted octanol–water partition coefficient (Wildman–Crippen LogP) is 15.1. The molecular formula is C57H51N3O. The molecule has 4 heteroatoms. The maximum atomic E-state index is 11.4. The molecule has 300 valence electrons. The molecule has 0 aliphatic rings. The lowest BCUT2D eigenvalue weighted by Crippen LogP contribution is -2.16. The van der Waals surface area contributed by atoms with Gasteiger partial charge in [-0.3, -0.25) is 9.55 Å². The Morgan fingerprint density at radius 2 is 1.11 bits per heavy atom. The average Bonchev–Trinajstić information content (AvgIpc) is 3.68. The predicted molar refractivity (Wildman–Crippen MR) is 255 cm³/mol. The van der Waals surface area contributed by atoms with Gasteiger partial charge in [-0.05, 0) is 116 Å². The van der Waals surface area contributed by atoms with Crippen molar-refractivity contribution in [3.05, 3.63) is 193 Å². The Hall–Kier alpha value is -7.04. The summed E-state index contributed by atoms with van der Waals surface area (Å²) in [6, 6.07) is 61.8. The zero-order chi connectivity index (χ0) is 42.3. The van der Waals surface area contributed by atoms with Gasteiger partial charge in [0.1, 0.15) is 11.6 Å². The summed E-state index contributed by atoms with van der Waals surface area (Å²) in [5.74, 6) is 0.864. The zero-order valence-electron chi connectivity index (χ0n) is 35.8. The number of phenols is 1. The minimum absolute atomic E-state index is 0.0100. The van der Waals surface area contributed by atoms with Gasteiger partial charge in [0.15, 0.2) is 0 Å². The normalized spacial score (nSPS) is 11.9. The third kappa shape index (κ3) is 7.66. The van der Waals surface area contributed by atoms with E-state index in [2.05, 4.69) is 192 Å². The van der Waals surface area contributed by atoms with E-state index in [1.54, 1.807) is 6.07 Å². The number of benzene rings is 7. The van der Waals surface area contributed by atoms with Gasteiger partial charge in [0.2, 0.25) is 0 Å². The van der Waals surface area contributed by atoms with E-state index in [4.69, 9.17) is 9.97 Å². The van der Waals surface area contributed by atoms with Crippen LogP contribution in [-0.2, 0) is 10.8 Å². The topological polar surface area (TPSA) is 50.9 Å². The number of para-hydroxylation sites is 2. The third-order valence-corrected chi connectivity index (χ3v) is 12.3. The van der Waals surface area contributed by atoms with E-state index in [1.807, 2.05) is 30.5 Å². The smallest absolute Gasteiger partial charge is 0.149 e. The number of pyridine rings is 1. The van der Waals surface area contributed by atoms with Crippen LogP contribution in [0.25, 0.3) is 83.9 Å². The lowest BCUT2D eigenvalue weighted by molar-refractivity contribution is 0.477. The molecule has 61 heavy (non-hydrogen) atoms. The molecule has 0 aliphatic heterocycles. The van der Waals surface area contributed by atoms with Gasteiger partial charge in [-0.25, -0.2) is 4.98 Å². The number of hydrogen-bond donors (Lipinski definition) is 1. The quantitative estimate of drug-likeness (QED) is 0.158. The highest BCUT2D eigenvalue weighted by atomic mass is 16.3. The second-order valence-electron chi connectivity index (χ2n) is 17.7. The van der Waals surface area contributed by atoms with E-state index in [9.17, 15) is 5.11 Å². The highest BCUT2D eigenvalue weighted by molar-refractivity contribution is 5.97. The van der Waals surface area contributed by atoms with Crippen LogP contribution < -0.4 is 0 Å². The molecule has 0 unspecified atom stereocenters. The van der Waals surface area contributed by atoms with E-state index in [-0.39, 0.29) is 16.6 Å². The van der Waals surface area contributed by atoms with Crippen molar-refractivity contribution in [1.29, 1.82) is 0 Å². The molecule has 0 atom stereocenters. The van der Waals surface area contributed by atoms with Gasteiger partial charge in [0.25, 0.3) is 0 Å². The number of fused-ring (bicyclic) bond motifs is 1. The number of rotatable bonds is 9. The molecule has 0 fully saturated rings. The van der Waals surface area contributed by atoms with E-state index < -0.39 is 0 Å². The molecule has 0 aliphatic carbocycles. The molecule has 2 aromatic heterocycles. The van der Waals surface area contributed by atoms with E-state index in [0.29, 0.717) is 11.4 Å². The Labute approximate surface area is 359 Å². The van der Waals surface area contributed by atoms with E-state index in [1.165, 1.54) is 22.3 Å². The van der Waals surface area contributed by atoms with Crippen LogP contribution in [0.2, 0.25) is 0 Å². The van der Waals surface area contributed by atoms with Crippen molar-refractivity contribution in [1.82, 2.24) is 14.5 Å². The van der Waals surface area contributed by atoms with Crippen LogP contribution in [0.1, 0.15) is 59.1 Å². The van der Waals surface area contributed by atoms with Crippen molar-refractivity contribution in [3.63, 3.8) is 0 Å². The van der Waals surface area contributed by atoms with Gasteiger partial charge in [-0.2, -0.15) is 0 Å². The van der Waals surface area contributed by atoms with Crippen molar-refractivity contribution in [2.75, 3.05) is 0 Å². The van der Waals surface area contributed by atoms with Crippen LogP contribution in [0.3, 0.4) is 0 Å². The first-order valence-corrected chi connectivity index (χ1v) is 21.3. The van der Waals surface area contributed by atoms with Crippen LogP contribution in [0.15, 0.2) is 182 Å². The first-order chi connectivity index (χ1) is 29.5. The molecule has 0 radical (unpaired) electrons. The molecule has 2 heterocycles.